The molecule has 1 atom stereocenters. The van der Waals surface area contributed by atoms with Gasteiger partial charge in [0.2, 0.25) is 0 Å². The fourth-order valence-electron chi connectivity index (χ4n) is 2.45. The van der Waals surface area contributed by atoms with Crippen molar-refractivity contribution in [1.82, 2.24) is 0 Å². The van der Waals surface area contributed by atoms with Crippen LogP contribution in [0.25, 0.3) is 0 Å². The lowest BCUT2D eigenvalue weighted by Gasteiger charge is -2.17. The van der Waals surface area contributed by atoms with Gasteiger partial charge in [0.1, 0.15) is 11.8 Å². The largest absolute Gasteiger partial charge is 0.467 e. The zero-order valence-corrected chi connectivity index (χ0v) is 13.5. The molecule has 0 spiro atoms. The molecule has 3 aromatic rings. The van der Waals surface area contributed by atoms with Crippen molar-refractivity contribution < 1.29 is 4.42 Å². The van der Waals surface area contributed by atoms with Gasteiger partial charge in [0, 0.05) is 10.6 Å². The molecule has 3 rings (SSSR count). The molecule has 0 bridgehead atoms. The van der Waals surface area contributed by atoms with Gasteiger partial charge in [-0.25, -0.2) is 0 Å². The number of thiophene rings is 1. The Labute approximate surface area is 133 Å². The molecule has 0 aliphatic heterocycles. The molecule has 1 aromatic carbocycles. The number of hydrogen-bond donors (Lipinski definition) is 1. The summed E-state index contributed by atoms with van der Waals surface area (Å²) in [4.78, 5) is 1.13. The molecule has 2 nitrogen and oxygen atoms in total. The standard InChI is InChI=1S/C17H16ClNOS/c1-11-8-12(2)10-13(9-11)19-17(14-4-3-7-20-14)15-5-6-16(18)21-15/h3-10,17,19H,1-2H3. The van der Waals surface area contributed by atoms with E-state index in [9.17, 15) is 0 Å². The molecule has 0 radical (unpaired) electrons. The maximum atomic E-state index is 6.08. The van der Waals surface area contributed by atoms with Crippen molar-refractivity contribution in [3.8, 4) is 0 Å². The second kappa shape index (κ2) is 5.96. The Bertz CT molecular complexity index is 713. The van der Waals surface area contributed by atoms with Crippen LogP contribution in [0.3, 0.4) is 0 Å². The van der Waals surface area contributed by atoms with Crippen LogP contribution in [0.1, 0.15) is 27.8 Å². The van der Waals surface area contributed by atoms with E-state index in [0.717, 1.165) is 20.7 Å². The van der Waals surface area contributed by atoms with Gasteiger partial charge in [-0.05, 0) is 61.4 Å². The van der Waals surface area contributed by atoms with Gasteiger partial charge in [-0.15, -0.1) is 11.3 Å². The molecule has 1 unspecified atom stereocenters. The quantitative estimate of drug-likeness (QED) is 0.656. The summed E-state index contributed by atoms with van der Waals surface area (Å²) in [5.41, 5.74) is 3.55. The molecular weight excluding hydrogens is 302 g/mol. The first kappa shape index (κ1) is 14.2. The third kappa shape index (κ3) is 3.31. The fraction of sp³-hybridized carbons (Fsp3) is 0.176. The molecule has 21 heavy (non-hydrogen) atoms. The highest BCUT2D eigenvalue weighted by Gasteiger charge is 2.19. The summed E-state index contributed by atoms with van der Waals surface area (Å²) in [6, 6.07) is 14.2. The van der Waals surface area contributed by atoms with Gasteiger partial charge in [0.15, 0.2) is 0 Å². The molecule has 0 saturated carbocycles. The van der Waals surface area contributed by atoms with Crippen LogP contribution >= 0.6 is 22.9 Å². The highest BCUT2D eigenvalue weighted by atomic mass is 35.5. The molecular formula is C17H16ClNOS. The predicted molar refractivity (Wildman–Crippen MR) is 89.4 cm³/mol. The van der Waals surface area contributed by atoms with Gasteiger partial charge < -0.3 is 9.73 Å². The Hall–Kier alpha value is -1.71. The molecule has 2 aromatic heterocycles. The summed E-state index contributed by atoms with van der Waals surface area (Å²) in [5, 5.41) is 3.55. The van der Waals surface area contributed by atoms with Crippen molar-refractivity contribution in [3.63, 3.8) is 0 Å². The maximum absolute atomic E-state index is 6.08. The third-order valence-corrected chi connectivity index (χ3v) is 4.53. The average Bonchev–Trinajstić information content (AvgIpc) is 3.06. The van der Waals surface area contributed by atoms with E-state index in [1.807, 2.05) is 24.3 Å². The van der Waals surface area contributed by atoms with E-state index >= 15 is 0 Å². The summed E-state index contributed by atoms with van der Waals surface area (Å²) in [5.74, 6) is 0.882. The summed E-state index contributed by atoms with van der Waals surface area (Å²) in [6.07, 6.45) is 1.70. The SMILES string of the molecule is Cc1cc(C)cc(NC(c2ccco2)c2ccc(Cl)s2)c1. The van der Waals surface area contributed by atoms with Gasteiger partial charge in [-0.2, -0.15) is 0 Å². The third-order valence-electron chi connectivity index (χ3n) is 3.24. The lowest BCUT2D eigenvalue weighted by atomic mass is 10.1. The average molecular weight is 318 g/mol. The topological polar surface area (TPSA) is 25.2 Å². The van der Waals surface area contributed by atoms with Crippen molar-refractivity contribution in [2.45, 2.75) is 19.9 Å². The van der Waals surface area contributed by atoms with Crippen LogP contribution in [0.4, 0.5) is 5.69 Å². The van der Waals surface area contributed by atoms with Gasteiger partial charge in [-0.3, -0.25) is 0 Å². The van der Waals surface area contributed by atoms with E-state index in [2.05, 4.69) is 37.4 Å². The van der Waals surface area contributed by atoms with E-state index in [1.54, 1.807) is 17.6 Å². The number of halogens is 1. The molecule has 0 fully saturated rings. The Morgan fingerprint density at radius 2 is 1.86 bits per heavy atom. The lowest BCUT2D eigenvalue weighted by Crippen LogP contribution is -2.10. The lowest BCUT2D eigenvalue weighted by molar-refractivity contribution is 0.501. The van der Waals surface area contributed by atoms with Gasteiger partial charge in [-0.1, -0.05) is 17.7 Å². The van der Waals surface area contributed by atoms with Crippen LogP contribution in [0.15, 0.2) is 53.1 Å². The fourth-order valence-corrected chi connectivity index (χ4v) is 3.57. The second-order valence-electron chi connectivity index (χ2n) is 5.11. The number of anilines is 1. The monoisotopic (exact) mass is 317 g/mol. The number of aryl methyl sites for hydroxylation is 2. The Kier molecular flexibility index (Phi) is 4.04. The second-order valence-corrected chi connectivity index (χ2v) is 6.86. The highest BCUT2D eigenvalue weighted by Crippen LogP contribution is 2.34. The summed E-state index contributed by atoms with van der Waals surface area (Å²) >= 11 is 7.64. The summed E-state index contributed by atoms with van der Waals surface area (Å²) < 4.78 is 6.37. The maximum Gasteiger partial charge on any atom is 0.131 e. The summed E-state index contributed by atoms with van der Waals surface area (Å²) in [6.45, 7) is 4.20. The normalized spacial score (nSPS) is 12.3. The zero-order chi connectivity index (χ0) is 14.8. The highest BCUT2D eigenvalue weighted by molar-refractivity contribution is 7.16. The first-order chi connectivity index (χ1) is 10.1. The Morgan fingerprint density at radius 3 is 2.43 bits per heavy atom. The number of furan rings is 1. The van der Waals surface area contributed by atoms with Crippen LogP contribution < -0.4 is 5.32 Å². The minimum absolute atomic E-state index is 0.0290. The minimum Gasteiger partial charge on any atom is -0.467 e. The van der Waals surface area contributed by atoms with E-state index in [1.165, 1.54) is 11.1 Å². The molecule has 2 heterocycles. The molecule has 1 N–H and O–H groups in total. The molecule has 108 valence electrons. The first-order valence-corrected chi connectivity index (χ1v) is 7.95. The zero-order valence-electron chi connectivity index (χ0n) is 11.9. The van der Waals surface area contributed by atoms with E-state index in [4.69, 9.17) is 16.0 Å². The van der Waals surface area contributed by atoms with E-state index in [0.29, 0.717) is 0 Å². The van der Waals surface area contributed by atoms with E-state index < -0.39 is 0 Å². The molecule has 0 amide bonds. The number of rotatable bonds is 4. The molecule has 4 heteroatoms. The van der Waals surface area contributed by atoms with Crippen LogP contribution in [-0.4, -0.2) is 0 Å². The Balaban J connectivity index is 1.96. The number of hydrogen-bond acceptors (Lipinski definition) is 3. The van der Waals surface area contributed by atoms with Crippen molar-refractivity contribution in [2.75, 3.05) is 5.32 Å². The van der Waals surface area contributed by atoms with Gasteiger partial charge in [0.05, 0.1) is 10.6 Å². The van der Waals surface area contributed by atoms with Crippen molar-refractivity contribution in [3.05, 3.63) is 74.8 Å². The van der Waals surface area contributed by atoms with Crippen molar-refractivity contribution in [2.24, 2.45) is 0 Å². The smallest absolute Gasteiger partial charge is 0.131 e. The number of nitrogens with one attached hydrogen (secondary N) is 1. The van der Waals surface area contributed by atoms with Crippen molar-refractivity contribution in [1.29, 1.82) is 0 Å². The van der Waals surface area contributed by atoms with Gasteiger partial charge >= 0.3 is 0 Å². The number of benzene rings is 1. The van der Waals surface area contributed by atoms with Gasteiger partial charge in [0.25, 0.3) is 0 Å². The van der Waals surface area contributed by atoms with Crippen LogP contribution in [0.5, 0.6) is 0 Å². The minimum atomic E-state index is -0.0290. The van der Waals surface area contributed by atoms with Crippen molar-refractivity contribution >= 4 is 28.6 Å². The Morgan fingerprint density at radius 1 is 1.10 bits per heavy atom. The molecule has 0 aliphatic carbocycles. The molecule has 0 aliphatic rings. The predicted octanol–water partition coefficient (Wildman–Crippen LogP) is 5.81. The van der Waals surface area contributed by atoms with Crippen LogP contribution in [-0.2, 0) is 0 Å². The van der Waals surface area contributed by atoms with Crippen LogP contribution in [0.2, 0.25) is 4.34 Å². The van der Waals surface area contributed by atoms with Crippen LogP contribution in [0, 0.1) is 13.8 Å². The molecule has 0 saturated heterocycles. The first-order valence-electron chi connectivity index (χ1n) is 6.75. The summed E-state index contributed by atoms with van der Waals surface area (Å²) in [7, 11) is 0. The van der Waals surface area contributed by atoms with E-state index in [-0.39, 0.29) is 6.04 Å².